The van der Waals surface area contributed by atoms with Crippen LogP contribution in [0.1, 0.15) is 25.6 Å². The first kappa shape index (κ1) is 11.6. The molecule has 2 heterocycles. The van der Waals surface area contributed by atoms with Gasteiger partial charge in [0.2, 0.25) is 0 Å². The summed E-state index contributed by atoms with van der Waals surface area (Å²) in [5.41, 5.74) is 0. The van der Waals surface area contributed by atoms with E-state index in [0.717, 1.165) is 31.7 Å². The van der Waals surface area contributed by atoms with E-state index in [0.29, 0.717) is 18.1 Å². The molecule has 4 heteroatoms. The monoisotopic (exact) mass is 223 g/mol. The Morgan fingerprint density at radius 3 is 3.19 bits per heavy atom. The van der Waals surface area contributed by atoms with Crippen LogP contribution in [0.25, 0.3) is 0 Å². The number of likely N-dealkylation sites (N-methyl/N-ethyl adjacent to an activating group) is 1. The minimum Gasteiger partial charge on any atom is -0.378 e. The number of rotatable bonds is 5. The van der Waals surface area contributed by atoms with Gasteiger partial charge in [-0.3, -0.25) is 0 Å². The van der Waals surface area contributed by atoms with Crippen molar-refractivity contribution in [3.8, 4) is 0 Å². The van der Waals surface area contributed by atoms with E-state index in [4.69, 9.17) is 4.74 Å². The van der Waals surface area contributed by atoms with E-state index in [9.17, 15) is 0 Å². The minimum atomic E-state index is 0.410. The Balaban J connectivity index is 1.98. The highest BCUT2D eigenvalue weighted by Crippen LogP contribution is 2.27. The van der Waals surface area contributed by atoms with Crippen molar-refractivity contribution < 1.29 is 4.74 Å². The predicted molar refractivity (Wildman–Crippen MR) is 63.3 cm³/mol. The average molecular weight is 223 g/mol. The summed E-state index contributed by atoms with van der Waals surface area (Å²) in [6, 6.07) is 0.457. The Morgan fingerprint density at radius 1 is 1.69 bits per heavy atom. The molecule has 2 N–H and O–H groups in total. The number of nitrogens with zero attached hydrogens (tertiary/aromatic N) is 1. The lowest BCUT2D eigenvalue weighted by Crippen LogP contribution is -2.39. The van der Waals surface area contributed by atoms with Gasteiger partial charge in [0.25, 0.3) is 0 Å². The quantitative estimate of drug-likeness (QED) is 0.792. The third-order valence-electron chi connectivity index (χ3n) is 3.52. The van der Waals surface area contributed by atoms with Crippen molar-refractivity contribution in [1.29, 1.82) is 0 Å². The molecule has 1 aromatic rings. The first-order chi connectivity index (χ1) is 7.85. The zero-order valence-electron chi connectivity index (χ0n) is 10.1. The van der Waals surface area contributed by atoms with Gasteiger partial charge in [-0.1, -0.05) is 6.92 Å². The van der Waals surface area contributed by atoms with Crippen LogP contribution in [-0.4, -0.2) is 35.8 Å². The third kappa shape index (κ3) is 2.44. The number of hydrogen-bond donors (Lipinski definition) is 2. The molecule has 1 aliphatic rings. The van der Waals surface area contributed by atoms with E-state index >= 15 is 0 Å². The molecule has 0 radical (unpaired) electrons. The van der Waals surface area contributed by atoms with Crippen molar-refractivity contribution in [2.45, 2.75) is 38.3 Å². The fraction of sp³-hybridized carbons (Fsp3) is 0.750. The molecule has 1 saturated heterocycles. The van der Waals surface area contributed by atoms with E-state index < -0.39 is 0 Å². The normalized spacial score (nSPS) is 27.1. The maximum Gasteiger partial charge on any atom is 0.107 e. The smallest absolute Gasteiger partial charge is 0.107 e. The largest absolute Gasteiger partial charge is 0.378 e. The third-order valence-corrected chi connectivity index (χ3v) is 3.52. The van der Waals surface area contributed by atoms with Gasteiger partial charge in [0.1, 0.15) is 5.82 Å². The van der Waals surface area contributed by atoms with Crippen LogP contribution in [0.3, 0.4) is 0 Å². The Labute approximate surface area is 96.8 Å². The van der Waals surface area contributed by atoms with Crippen LogP contribution >= 0.6 is 0 Å². The molecular formula is C12H21N3O. The van der Waals surface area contributed by atoms with Gasteiger partial charge in [-0.05, 0) is 19.9 Å². The van der Waals surface area contributed by atoms with E-state index in [1.54, 1.807) is 0 Å². The summed E-state index contributed by atoms with van der Waals surface area (Å²) in [4.78, 5) is 7.46. The highest BCUT2D eigenvalue weighted by Gasteiger charge is 2.33. The topological polar surface area (TPSA) is 49.9 Å². The SMILES string of the molecule is CCC1OCCC1C(Cc1ncc[nH]1)NC. The maximum absolute atomic E-state index is 5.75. The molecule has 3 unspecified atom stereocenters. The minimum absolute atomic E-state index is 0.410. The standard InChI is InChI=1S/C12H21N3O/c1-3-11-9(4-7-16-11)10(13-2)8-12-14-5-6-15-12/h5-6,9-11,13H,3-4,7-8H2,1-2H3,(H,14,15). The second-order valence-corrected chi connectivity index (χ2v) is 4.41. The molecular weight excluding hydrogens is 202 g/mol. The van der Waals surface area contributed by atoms with E-state index in [2.05, 4.69) is 22.2 Å². The van der Waals surface area contributed by atoms with Gasteiger partial charge in [0, 0.05) is 37.4 Å². The second-order valence-electron chi connectivity index (χ2n) is 4.41. The van der Waals surface area contributed by atoms with Gasteiger partial charge in [-0.2, -0.15) is 0 Å². The fourth-order valence-corrected chi connectivity index (χ4v) is 2.63. The van der Waals surface area contributed by atoms with Crippen molar-refractivity contribution in [2.75, 3.05) is 13.7 Å². The van der Waals surface area contributed by atoms with E-state index in [1.807, 2.05) is 19.4 Å². The molecule has 3 atom stereocenters. The number of hydrogen-bond acceptors (Lipinski definition) is 3. The van der Waals surface area contributed by atoms with E-state index in [-0.39, 0.29) is 0 Å². The lowest BCUT2D eigenvalue weighted by molar-refractivity contribution is 0.0781. The Bertz CT molecular complexity index is 299. The number of imidazole rings is 1. The molecule has 4 nitrogen and oxygen atoms in total. The van der Waals surface area contributed by atoms with Crippen LogP contribution < -0.4 is 5.32 Å². The first-order valence-electron chi connectivity index (χ1n) is 6.12. The lowest BCUT2D eigenvalue weighted by Gasteiger charge is -2.26. The molecule has 1 aromatic heterocycles. The molecule has 0 aliphatic carbocycles. The van der Waals surface area contributed by atoms with Crippen molar-refractivity contribution >= 4 is 0 Å². The number of aromatic nitrogens is 2. The highest BCUT2D eigenvalue weighted by molar-refractivity contribution is 4.95. The molecule has 2 rings (SSSR count). The molecule has 90 valence electrons. The number of aromatic amines is 1. The molecule has 0 aromatic carbocycles. The van der Waals surface area contributed by atoms with Crippen LogP contribution in [0.2, 0.25) is 0 Å². The molecule has 0 spiro atoms. The van der Waals surface area contributed by atoms with Crippen LogP contribution in [0.15, 0.2) is 12.4 Å². The average Bonchev–Trinajstić information content (AvgIpc) is 2.96. The first-order valence-corrected chi connectivity index (χ1v) is 6.12. The summed E-state index contributed by atoms with van der Waals surface area (Å²) in [7, 11) is 2.03. The van der Waals surface area contributed by atoms with Crippen molar-refractivity contribution in [1.82, 2.24) is 15.3 Å². The van der Waals surface area contributed by atoms with Crippen molar-refractivity contribution in [3.05, 3.63) is 18.2 Å². The van der Waals surface area contributed by atoms with Gasteiger partial charge in [-0.25, -0.2) is 4.98 Å². The summed E-state index contributed by atoms with van der Waals surface area (Å²) in [6.07, 6.45) is 7.31. The van der Waals surface area contributed by atoms with Gasteiger partial charge >= 0.3 is 0 Å². The van der Waals surface area contributed by atoms with E-state index in [1.165, 1.54) is 0 Å². The summed E-state index contributed by atoms with van der Waals surface area (Å²) >= 11 is 0. The number of nitrogens with one attached hydrogen (secondary N) is 2. The Kier molecular flexibility index (Phi) is 3.96. The maximum atomic E-state index is 5.75. The summed E-state index contributed by atoms with van der Waals surface area (Å²) < 4.78 is 5.75. The molecule has 1 aliphatic heterocycles. The Morgan fingerprint density at radius 2 is 2.56 bits per heavy atom. The molecule has 1 fully saturated rings. The summed E-state index contributed by atoms with van der Waals surface area (Å²) in [6.45, 7) is 3.10. The van der Waals surface area contributed by atoms with Crippen LogP contribution in [0.5, 0.6) is 0 Å². The van der Waals surface area contributed by atoms with Gasteiger partial charge in [-0.15, -0.1) is 0 Å². The summed E-state index contributed by atoms with van der Waals surface area (Å²) in [5.74, 6) is 1.67. The molecule has 0 bridgehead atoms. The van der Waals surface area contributed by atoms with Gasteiger partial charge in [0.15, 0.2) is 0 Å². The fourth-order valence-electron chi connectivity index (χ4n) is 2.63. The van der Waals surface area contributed by atoms with Crippen LogP contribution in [-0.2, 0) is 11.2 Å². The zero-order valence-corrected chi connectivity index (χ0v) is 10.1. The molecule has 16 heavy (non-hydrogen) atoms. The number of H-pyrrole nitrogens is 1. The highest BCUT2D eigenvalue weighted by atomic mass is 16.5. The number of ether oxygens (including phenoxy) is 1. The van der Waals surface area contributed by atoms with Crippen LogP contribution in [0.4, 0.5) is 0 Å². The molecule has 0 amide bonds. The van der Waals surface area contributed by atoms with Crippen molar-refractivity contribution in [3.63, 3.8) is 0 Å². The lowest BCUT2D eigenvalue weighted by atomic mass is 9.89. The van der Waals surface area contributed by atoms with Crippen molar-refractivity contribution in [2.24, 2.45) is 5.92 Å². The molecule has 0 saturated carbocycles. The van der Waals surface area contributed by atoms with Crippen LogP contribution in [0, 0.1) is 5.92 Å². The van der Waals surface area contributed by atoms with Gasteiger partial charge in [0.05, 0.1) is 6.10 Å². The predicted octanol–water partition coefficient (Wildman–Crippen LogP) is 1.36. The second kappa shape index (κ2) is 5.46. The zero-order chi connectivity index (χ0) is 11.4. The Hall–Kier alpha value is -0.870. The van der Waals surface area contributed by atoms with Gasteiger partial charge < -0.3 is 15.0 Å². The summed E-state index contributed by atoms with van der Waals surface area (Å²) in [5, 5.41) is 3.41.